The third-order valence-electron chi connectivity index (χ3n) is 5.59. The number of methoxy groups -OCH3 is 1. The van der Waals surface area contributed by atoms with Crippen LogP contribution in [0.3, 0.4) is 0 Å². The topological polar surface area (TPSA) is 62.7 Å². The van der Waals surface area contributed by atoms with E-state index in [1.54, 1.807) is 18.4 Å². The number of piperidine rings is 1. The summed E-state index contributed by atoms with van der Waals surface area (Å²) in [5.74, 6) is 0.173. The van der Waals surface area contributed by atoms with E-state index >= 15 is 0 Å². The van der Waals surface area contributed by atoms with Crippen molar-refractivity contribution in [1.82, 2.24) is 9.88 Å². The van der Waals surface area contributed by atoms with Crippen LogP contribution in [0.1, 0.15) is 37.8 Å². The van der Waals surface area contributed by atoms with Crippen molar-refractivity contribution < 1.29 is 14.6 Å². The standard InChI is InChI=1S/C22H30N2O3S/c1-14-6-8-18(27-5)20(23-14)19-9-7-17(28-19)13-24-11-15(21(25)26)10-16(12-24)22(2,3)4/h6-9,15-16H,10-13H2,1-5H3,(H,25,26)/t15-,16-/m1/s1. The average molecular weight is 403 g/mol. The number of rotatable bonds is 5. The Hall–Kier alpha value is -1.92. The van der Waals surface area contributed by atoms with E-state index in [4.69, 9.17) is 4.74 Å². The van der Waals surface area contributed by atoms with E-state index in [0.29, 0.717) is 12.5 Å². The number of aryl methyl sites for hydroxylation is 1. The maximum Gasteiger partial charge on any atom is 0.307 e. The number of hydrogen-bond acceptors (Lipinski definition) is 5. The molecule has 6 heteroatoms. The van der Waals surface area contributed by atoms with Gasteiger partial charge in [0.1, 0.15) is 11.4 Å². The van der Waals surface area contributed by atoms with Gasteiger partial charge >= 0.3 is 5.97 Å². The molecule has 0 bridgehead atoms. The second kappa shape index (κ2) is 8.21. The molecule has 0 saturated carbocycles. The second-order valence-corrected chi connectivity index (χ2v) is 9.97. The van der Waals surface area contributed by atoms with Gasteiger partial charge in [-0.05, 0) is 48.9 Å². The van der Waals surface area contributed by atoms with Crippen LogP contribution >= 0.6 is 11.3 Å². The number of pyridine rings is 1. The van der Waals surface area contributed by atoms with Crippen LogP contribution in [0.4, 0.5) is 0 Å². The Morgan fingerprint density at radius 2 is 2.04 bits per heavy atom. The normalized spacial score (nSPS) is 20.9. The minimum Gasteiger partial charge on any atom is -0.494 e. The number of thiophene rings is 1. The highest BCUT2D eigenvalue weighted by Gasteiger charge is 2.37. The molecule has 1 fully saturated rings. The smallest absolute Gasteiger partial charge is 0.307 e. The molecule has 1 aliphatic heterocycles. The first-order valence-corrected chi connectivity index (χ1v) is 10.5. The fourth-order valence-corrected chi connectivity index (χ4v) is 4.87. The summed E-state index contributed by atoms with van der Waals surface area (Å²) >= 11 is 1.70. The molecule has 28 heavy (non-hydrogen) atoms. The predicted molar refractivity (Wildman–Crippen MR) is 113 cm³/mol. The van der Waals surface area contributed by atoms with E-state index in [9.17, 15) is 9.90 Å². The van der Waals surface area contributed by atoms with Crippen LogP contribution in [0.2, 0.25) is 0 Å². The van der Waals surface area contributed by atoms with Crippen molar-refractivity contribution >= 4 is 17.3 Å². The van der Waals surface area contributed by atoms with E-state index in [0.717, 1.165) is 41.5 Å². The highest BCUT2D eigenvalue weighted by molar-refractivity contribution is 7.15. The Kier molecular flexibility index (Phi) is 6.10. The highest BCUT2D eigenvalue weighted by atomic mass is 32.1. The lowest BCUT2D eigenvalue weighted by atomic mass is 9.73. The van der Waals surface area contributed by atoms with E-state index in [1.807, 2.05) is 19.1 Å². The summed E-state index contributed by atoms with van der Waals surface area (Å²) in [6.45, 7) is 10.9. The number of likely N-dealkylation sites (tertiary alicyclic amines) is 1. The molecule has 2 aromatic heterocycles. The molecule has 0 amide bonds. The Morgan fingerprint density at radius 1 is 1.29 bits per heavy atom. The fourth-order valence-electron chi connectivity index (χ4n) is 3.82. The average Bonchev–Trinajstić information content (AvgIpc) is 3.09. The summed E-state index contributed by atoms with van der Waals surface area (Å²) < 4.78 is 5.47. The minimum atomic E-state index is -0.681. The Labute approximate surface area is 171 Å². The highest BCUT2D eigenvalue weighted by Crippen LogP contribution is 2.38. The summed E-state index contributed by atoms with van der Waals surface area (Å²) in [4.78, 5) is 20.9. The van der Waals surface area contributed by atoms with Crippen LogP contribution in [-0.2, 0) is 11.3 Å². The quantitative estimate of drug-likeness (QED) is 0.786. The molecule has 3 heterocycles. The molecule has 0 spiro atoms. The van der Waals surface area contributed by atoms with Gasteiger partial charge in [-0.2, -0.15) is 0 Å². The van der Waals surface area contributed by atoms with Gasteiger partial charge in [-0.15, -0.1) is 11.3 Å². The second-order valence-electron chi connectivity index (χ2n) is 8.80. The van der Waals surface area contributed by atoms with Crippen LogP contribution in [0.15, 0.2) is 24.3 Å². The number of carbonyl (C=O) groups is 1. The van der Waals surface area contributed by atoms with Crippen LogP contribution in [0.5, 0.6) is 5.75 Å². The van der Waals surface area contributed by atoms with E-state index in [-0.39, 0.29) is 11.3 Å². The molecule has 152 valence electrons. The molecule has 2 aromatic rings. The first-order chi connectivity index (χ1) is 13.2. The molecule has 0 unspecified atom stereocenters. The van der Waals surface area contributed by atoms with E-state index in [2.05, 4.69) is 42.8 Å². The molecule has 1 saturated heterocycles. The van der Waals surface area contributed by atoms with Gasteiger partial charge in [-0.25, -0.2) is 4.98 Å². The van der Waals surface area contributed by atoms with Gasteiger partial charge in [-0.1, -0.05) is 20.8 Å². The van der Waals surface area contributed by atoms with Crippen molar-refractivity contribution in [3.05, 3.63) is 34.8 Å². The van der Waals surface area contributed by atoms with Gasteiger partial charge in [0.25, 0.3) is 0 Å². The lowest BCUT2D eigenvalue weighted by Gasteiger charge is -2.42. The summed E-state index contributed by atoms with van der Waals surface area (Å²) in [6, 6.07) is 8.11. The fraction of sp³-hybridized carbons (Fsp3) is 0.545. The summed E-state index contributed by atoms with van der Waals surface area (Å²) in [6.07, 6.45) is 0.759. The maximum atomic E-state index is 11.7. The molecule has 0 aliphatic carbocycles. The molecular weight excluding hydrogens is 372 g/mol. The summed E-state index contributed by atoms with van der Waals surface area (Å²) in [5.41, 5.74) is 1.93. The largest absolute Gasteiger partial charge is 0.494 e. The Bertz CT molecular complexity index is 841. The van der Waals surface area contributed by atoms with E-state index < -0.39 is 5.97 Å². The van der Waals surface area contributed by atoms with Crippen molar-refractivity contribution in [3.63, 3.8) is 0 Å². The Balaban J connectivity index is 1.79. The molecule has 2 atom stereocenters. The lowest BCUT2D eigenvalue weighted by Crippen LogP contribution is -2.46. The van der Waals surface area contributed by atoms with Gasteiger partial charge in [0.15, 0.2) is 0 Å². The molecule has 0 radical (unpaired) electrons. The molecule has 1 aliphatic rings. The number of ether oxygens (including phenoxy) is 1. The van der Waals surface area contributed by atoms with Crippen molar-refractivity contribution in [2.24, 2.45) is 17.3 Å². The maximum absolute atomic E-state index is 11.7. The number of aliphatic carboxylic acids is 1. The van der Waals surface area contributed by atoms with Crippen molar-refractivity contribution in [3.8, 4) is 16.3 Å². The molecule has 1 N–H and O–H groups in total. The first kappa shape index (κ1) is 20.8. The predicted octanol–water partition coefficient (Wildman–Crippen LogP) is 4.70. The molecule has 3 rings (SSSR count). The zero-order chi connectivity index (χ0) is 20.5. The van der Waals surface area contributed by atoms with Gasteiger partial charge in [0.2, 0.25) is 0 Å². The lowest BCUT2D eigenvalue weighted by molar-refractivity contribution is -0.145. The molecule has 5 nitrogen and oxygen atoms in total. The van der Waals surface area contributed by atoms with Gasteiger partial charge in [0.05, 0.1) is 17.9 Å². The van der Waals surface area contributed by atoms with Crippen molar-refractivity contribution in [1.29, 1.82) is 0 Å². The number of carboxylic acid groups (broad SMARTS) is 1. The van der Waals surface area contributed by atoms with Crippen LogP contribution in [0.25, 0.3) is 10.6 Å². The third-order valence-corrected chi connectivity index (χ3v) is 6.67. The number of hydrogen-bond donors (Lipinski definition) is 1. The monoisotopic (exact) mass is 402 g/mol. The number of aromatic nitrogens is 1. The summed E-state index contributed by atoms with van der Waals surface area (Å²) in [7, 11) is 1.66. The van der Waals surface area contributed by atoms with E-state index in [1.165, 1.54) is 4.88 Å². The first-order valence-electron chi connectivity index (χ1n) is 9.73. The van der Waals surface area contributed by atoms with Crippen molar-refractivity contribution in [2.75, 3.05) is 20.2 Å². The van der Waals surface area contributed by atoms with Crippen molar-refractivity contribution in [2.45, 2.75) is 40.7 Å². The van der Waals surface area contributed by atoms with Crippen LogP contribution < -0.4 is 4.74 Å². The zero-order valence-corrected chi connectivity index (χ0v) is 18.2. The third kappa shape index (κ3) is 4.73. The van der Waals surface area contributed by atoms with Crippen LogP contribution in [-0.4, -0.2) is 41.2 Å². The molecule has 0 aromatic carbocycles. The number of carboxylic acids is 1. The van der Waals surface area contributed by atoms with Gasteiger partial charge in [0, 0.05) is 30.2 Å². The zero-order valence-electron chi connectivity index (χ0n) is 17.4. The summed E-state index contributed by atoms with van der Waals surface area (Å²) in [5, 5.41) is 9.60. The van der Waals surface area contributed by atoms with Crippen LogP contribution in [0, 0.1) is 24.2 Å². The van der Waals surface area contributed by atoms with Gasteiger partial charge in [-0.3, -0.25) is 9.69 Å². The van der Waals surface area contributed by atoms with Gasteiger partial charge < -0.3 is 9.84 Å². The molecular formula is C22H30N2O3S. The minimum absolute atomic E-state index is 0.103. The Morgan fingerprint density at radius 3 is 2.68 bits per heavy atom. The SMILES string of the molecule is COc1ccc(C)nc1-c1ccc(CN2C[C@H](C(=O)O)C[C@@H](C(C)(C)C)C2)s1. The number of nitrogens with zero attached hydrogens (tertiary/aromatic N) is 2.